The Balaban J connectivity index is 1.60. The maximum Gasteiger partial charge on any atom is 0.282 e. The number of fused-ring (bicyclic) bond motifs is 2. The van der Waals surface area contributed by atoms with E-state index in [1.165, 1.54) is 16.8 Å². The second-order valence-corrected chi connectivity index (χ2v) is 8.68. The van der Waals surface area contributed by atoms with Crippen LogP contribution < -0.4 is 5.56 Å². The number of rotatable bonds is 5. The molecule has 0 saturated carbocycles. The van der Waals surface area contributed by atoms with Crippen LogP contribution in [-0.2, 0) is 13.0 Å². The molecule has 164 valence electrons. The van der Waals surface area contributed by atoms with Crippen molar-refractivity contribution in [1.29, 1.82) is 0 Å². The van der Waals surface area contributed by atoms with Gasteiger partial charge in [0.1, 0.15) is 11.6 Å². The second-order valence-electron chi connectivity index (χ2n) is 7.76. The average Bonchev–Trinajstić information content (AvgIpc) is 3.16. The van der Waals surface area contributed by atoms with Gasteiger partial charge in [0.05, 0.1) is 17.1 Å². The van der Waals surface area contributed by atoms with E-state index in [2.05, 4.69) is 30.6 Å². The lowest BCUT2D eigenvalue weighted by molar-refractivity contribution is 0.624. The molecular weight excluding hydrogens is 483 g/mol. The normalized spacial score (nSPS) is 11.7. The number of nitrogens with zero attached hydrogens (tertiary/aromatic N) is 4. The molecule has 0 fully saturated rings. The molecule has 0 aliphatic heterocycles. The van der Waals surface area contributed by atoms with E-state index in [0.717, 1.165) is 26.5 Å². The molecule has 0 unspecified atom stereocenters. The molecule has 0 atom stereocenters. The summed E-state index contributed by atoms with van der Waals surface area (Å²) >= 11 is 3.42. The molecule has 0 aliphatic rings. The van der Waals surface area contributed by atoms with Crippen LogP contribution in [0, 0.1) is 5.82 Å². The maximum absolute atomic E-state index is 13.7. The maximum atomic E-state index is 13.7. The molecule has 0 aliphatic carbocycles. The second kappa shape index (κ2) is 8.75. The fourth-order valence-electron chi connectivity index (χ4n) is 4.00. The first-order valence-corrected chi connectivity index (χ1v) is 11.4. The molecule has 0 bridgehead atoms. The summed E-state index contributed by atoms with van der Waals surface area (Å²) in [7, 11) is 0. The van der Waals surface area contributed by atoms with Crippen LogP contribution in [-0.4, -0.2) is 20.4 Å². The van der Waals surface area contributed by atoms with E-state index < -0.39 is 0 Å². The smallest absolute Gasteiger partial charge is 0.282 e. The lowest BCUT2D eigenvalue weighted by Gasteiger charge is -2.07. The van der Waals surface area contributed by atoms with Gasteiger partial charge in [-0.05, 0) is 42.0 Å². The van der Waals surface area contributed by atoms with Crippen molar-refractivity contribution < 1.29 is 4.39 Å². The van der Waals surface area contributed by atoms with E-state index in [-0.39, 0.29) is 11.4 Å². The summed E-state index contributed by atoms with van der Waals surface area (Å²) < 4.78 is 17.9. The number of benzene rings is 3. The van der Waals surface area contributed by atoms with Gasteiger partial charge in [-0.15, -0.1) is 0 Å². The van der Waals surface area contributed by atoms with Crippen molar-refractivity contribution in [3.8, 4) is 0 Å². The first kappa shape index (κ1) is 21.3. The number of hydrogen-bond acceptors (Lipinski definition) is 3. The fraction of sp³-hybridized carbons (Fsp3) is 0.115. The van der Waals surface area contributed by atoms with Crippen LogP contribution in [0.15, 0.2) is 87.3 Å². The zero-order valence-corrected chi connectivity index (χ0v) is 19.5. The number of halogens is 2. The van der Waals surface area contributed by atoms with Gasteiger partial charge in [-0.1, -0.05) is 53.2 Å². The molecule has 0 saturated heterocycles. The zero-order valence-electron chi connectivity index (χ0n) is 17.9. The van der Waals surface area contributed by atoms with Gasteiger partial charge in [0.25, 0.3) is 5.56 Å². The molecule has 7 heteroatoms. The first-order valence-electron chi connectivity index (χ1n) is 10.6. The third-order valence-electron chi connectivity index (χ3n) is 5.57. The first-order chi connectivity index (χ1) is 16.0. The highest BCUT2D eigenvalue weighted by atomic mass is 79.9. The summed E-state index contributed by atoms with van der Waals surface area (Å²) in [6, 6.07) is 20.0. The third-order valence-corrected chi connectivity index (χ3v) is 6.06. The van der Waals surface area contributed by atoms with Gasteiger partial charge in [-0.25, -0.2) is 9.37 Å². The minimum absolute atomic E-state index is 0.210. The molecule has 5 aromatic rings. The highest BCUT2D eigenvalue weighted by Gasteiger charge is 2.11. The van der Waals surface area contributed by atoms with E-state index in [1.54, 1.807) is 18.3 Å². The molecule has 33 heavy (non-hydrogen) atoms. The van der Waals surface area contributed by atoms with E-state index in [1.807, 2.05) is 55.6 Å². The Labute approximate surface area is 197 Å². The summed E-state index contributed by atoms with van der Waals surface area (Å²) in [6.45, 7) is 2.47. The topological polar surface area (TPSA) is 52.2 Å². The Hall–Kier alpha value is -3.58. The standard InChI is InChI=1S/C26H20BrFN4O/c1-2-25-30-23-11-10-19(27)13-22(23)26(33)32(25)29-14-18-16-31(24-9-4-3-8-21(18)24)15-17-6-5-7-20(28)12-17/h3-14,16H,2,15H2,1H3. The van der Waals surface area contributed by atoms with Crippen LogP contribution >= 0.6 is 15.9 Å². The van der Waals surface area contributed by atoms with Crippen molar-refractivity contribution in [3.63, 3.8) is 0 Å². The Bertz CT molecular complexity index is 1590. The highest BCUT2D eigenvalue weighted by Crippen LogP contribution is 2.22. The predicted molar refractivity (Wildman–Crippen MR) is 134 cm³/mol. The van der Waals surface area contributed by atoms with Gasteiger partial charge in [0.15, 0.2) is 0 Å². The summed E-state index contributed by atoms with van der Waals surface area (Å²) in [6.07, 6.45) is 4.23. The SMILES string of the molecule is CCc1nc2ccc(Br)cc2c(=O)n1N=Cc1cn(Cc2cccc(F)c2)c2ccccc12. The molecule has 3 aromatic carbocycles. The van der Waals surface area contributed by atoms with Gasteiger partial charge in [0.2, 0.25) is 0 Å². The van der Waals surface area contributed by atoms with Crippen molar-refractivity contribution in [1.82, 2.24) is 14.2 Å². The van der Waals surface area contributed by atoms with E-state index in [0.29, 0.717) is 29.7 Å². The van der Waals surface area contributed by atoms with Crippen LogP contribution in [0.1, 0.15) is 23.9 Å². The van der Waals surface area contributed by atoms with Gasteiger partial charge < -0.3 is 4.57 Å². The van der Waals surface area contributed by atoms with Crippen molar-refractivity contribution in [2.24, 2.45) is 5.10 Å². The van der Waals surface area contributed by atoms with E-state index in [4.69, 9.17) is 0 Å². The highest BCUT2D eigenvalue weighted by molar-refractivity contribution is 9.10. The summed E-state index contributed by atoms with van der Waals surface area (Å²) in [5, 5.41) is 6.05. The van der Waals surface area contributed by atoms with Crippen molar-refractivity contribution in [3.05, 3.63) is 111 Å². The van der Waals surface area contributed by atoms with Crippen LogP contribution in [0.2, 0.25) is 0 Å². The van der Waals surface area contributed by atoms with Gasteiger partial charge in [-0.2, -0.15) is 9.78 Å². The van der Waals surface area contributed by atoms with Crippen LogP contribution in [0.5, 0.6) is 0 Å². The monoisotopic (exact) mass is 502 g/mol. The Kier molecular flexibility index (Phi) is 5.64. The van der Waals surface area contributed by atoms with Gasteiger partial charge >= 0.3 is 0 Å². The molecular formula is C26H20BrFN4O. The molecule has 0 radical (unpaired) electrons. The molecule has 2 aromatic heterocycles. The number of aromatic nitrogens is 3. The van der Waals surface area contributed by atoms with E-state index >= 15 is 0 Å². The number of hydrogen-bond donors (Lipinski definition) is 0. The third kappa shape index (κ3) is 4.12. The Morgan fingerprint density at radius 1 is 1.06 bits per heavy atom. The fourth-order valence-corrected chi connectivity index (χ4v) is 4.36. The molecule has 5 rings (SSSR count). The summed E-state index contributed by atoms with van der Waals surface area (Å²) in [5.74, 6) is 0.335. The van der Waals surface area contributed by atoms with Crippen molar-refractivity contribution in [2.75, 3.05) is 0 Å². The summed E-state index contributed by atoms with van der Waals surface area (Å²) in [4.78, 5) is 17.8. The zero-order chi connectivity index (χ0) is 22.9. The minimum atomic E-state index is -0.257. The molecule has 5 nitrogen and oxygen atoms in total. The van der Waals surface area contributed by atoms with Crippen LogP contribution in [0.3, 0.4) is 0 Å². The Morgan fingerprint density at radius 2 is 1.91 bits per heavy atom. The van der Waals surface area contributed by atoms with E-state index in [9.17, 15) is 9.18 Å². The summed E-state index contributed by atoms with van der Waals surface area (Å²) in [5.41, 5.74) is 3.18. The van der Waals surface area contributed by atoms with Crippen LogP contribution in [0.25, 0.3) is 21.8 Å². The minimum Gasteiger partial charge on any atom is -0.342 e. The predicted octanol–water partition coefficient (Wildman–Crippen LogP) is 5.75. The molecule has 2 heterocycles. The van der Waals surface area contributed by atoms with Gasteiger partial charge in [-0.3, -0.25) is 4.79 Å². The quantitative estimate of drug-likeness (QED) is 0.287. The Morgan fingerprint density at radius 3 is 2.73 bits per heavy atom. The molecule has 0 N–H and O–H groups in total. The molecule has 0 spiro atoms. The number of aryl methyl sites for hydroxylation is 1. The largest absolute Gasteiger partial charge is 0.342 e. The van der Waals surface area contributed by atoms with Crippen molar-refractivity contribution >= 4 is 44.0 Å². The lowest BCUT2D eigenvalue weighted by Crippen LogP contribution is -2.22. The lowest BCUT2D eigenvalue weighted by atomic mass is 10.2. The van der Waals surface area contributed by atoms with Crippen LogP contribution in [0.4, 0.5) is 4.39 Å². The molecule has 0 amide bonds. The van der Waals surface area contributed by atoms with Gasteiger partial charge in [0, 0.05) is 40.1 Å². The van der Waals surface area contributed by atoms with Crippen molar-refractivity contribution in [2.45, 2.75) is 19.9 Å². The average molecular weight is 503 g/mol. The number of para-hydroxylation sites is 1.